The van der Waals surface area contributed by atoms with Crippen molar-refractivity contribution in [3.63, 3.8) is 0 Å². The summed E-state index contributed by atoms with van der Waals surface area (Å²) < 4.78 is 32.2. The van der Waals surface area contributed by atoms with E-state index in [4.69, 9.17) is 16.0 Å². The van der Waals surface area contributed by atoms with E-state index in [9.17, 15) is 13.2 Å². The lowest BCUT2D eigenvalue weighted by molar-refractivity contribution is 0.516. The maximum absolute atomic E-state index is 12.2. The summed E-state index contributed by atoms with van der Waals surface area (Å²) in [4.78, 5) is 12.2. The molecule has 3 aromatic rings. The van der Waals surface area contributed by atoms with E-state index in [1.165, 1.54) is 24.7 Å². The molecule has 1 heterocycles. The van der Waals surface area contributed by atoms with Gasteiger partial charge in [-0.25, -0.2) is 17.5 Å². The molecular formula is C16H15ClN2O4S. The number of fused-ring (bicyclic) bond motifs is 1. The number of nitrogens with zero attached hydrogens (tertiary/aromatic N) is 2. The number of sulfonamides is 1. The largest absolute Gasteiger partial charge is 0.420 e. The van der Waals surface area contributed by atoms with Gasteiger partial charge in [0, 0.05) is 25.2 Å². The van der Waals surface area contributed by atoms with Gasteiger partial charge in [0.15, 0.2) is 5.58 Å². The molecule has 0 N–H and O–H groups in total. The van der Waals surface area contributed by atoms with Crippen molar-refractivity contribution in [3.8, 4) is 0 Å². The molecule has 0 spiro atoms. The van der Waals surface area contributed by atoms with Gasteiger partial charge >= 0.3 is 5.76 Å². The third-order valence-electron chi connectivity index (χ3n) is 3.65. The van der Waals surface area contributed by atoms with Gasteiger partial charge in [0.1, 0.15) is 0 Å². The first-order chi connectivity index (χ1) is 11.3. The Morgan fingerprint density at radius 1 is 1.17 bits per heavy atom. The van der Waals surface area contributed by atoms with Crippen molar-refractivity contribution >= 4 is 32.7 Å². The summed E-state index contributed by atoms with van der Waals surface area (Å²) in [6.45, 7) is 0.199. The standard InChI is InChI=1S/C16H15ClN2O4S/c1-18(2)24(21,22)13-5-3-4-11(8-13)10-19-14-7-6-12(17)9-15(14)23-16(19)20/h3-9H,10H2,1-2H3. The van der Waals surface area contributed by atoms with Gasteiger partial charge in [-0.2, -0.15) is 0 Å². The molecule has 2 aromatic carbocycles. The van der Waals surface area contributed by atoms with Crippen LogP contribution < -0.4 is 5.76 Å². The molecule has 8 heteroatoms. The molecule has 0 aliphatic carbocycles. The molecule has 0 unspecified atom stereocenters. The Morgan fingerprint density at radius 3 is 2.62 bits per heavy atom. The van der Waals surface area contributed by atoms with Gasteiger partial charge in [-0.3, -0.25) is 4.57 Å². The molecule has 0 radical (unpaired) electrons. The fraction of sp³-hybridized carbons (Fsp3) is 0.188. The van der Waals surface area contributed by atoms with Crippen LogP contribution in [-0.2, 0) is 16.6 Å². The van der Waals surface area contributed by atoms with Crippen LogP contribution >= 0.6 is 11.6 Å². The molecule has 0 bridgehead atoms. The average molecular weight is 367 g/mol. The van der Waals surface area contributed by atoms with Crippen molar-refractivity contribution in [2.45, 2.75) is 11.4 Å². The van der Waals surface area contributed by atoms with E-state index in [0.717, 1.165) is 4.31 Å². The smallest absolute Gasteiger partial charge is 0.408 e. The Labute approximate surface area is 143 Å². The maximum atomic E-state index is 12.2. The second-order valence-electron chi connectivity index (χ2n) is 5.50. The van der Waals surface area contributed by atoms with Gasteiger partial charge < -0.3 is 4.42 Å². The zero-order chi connectivity index (χ0) is 17.5. The Bertz CT molecular complexity index is 1070. The number of hydrogen-bond acceptors (Lipinski definition) is 4. The number of halogens is 1. The number of oxazole rings is 1. The minimum Gasteiger partial charge on any atom is -0.408 e. The monoisotopic (exact) mass is 366 g/mol. The zero-order valence-electron chi connectivity index (χ0n) is 13.1. The van der Waals surface area contributed by atoms with Crippen LogP contribution in [0, 0.1) is 0 Å². The van der Waals surface area contributed by atoms with Crippen molar-refractivity contribution in [3.05, 3.63) is 63.6 Å². The summed E-state index contributed by atoms with van der Waals surface area (Å²) in [7, 11) is -0.587. The van der Waals surface area contributed by atoms with Crippen molar-refractivity contribution in [2.24, 2.45) is 0 Å². The van der Waals surface area contributed by atoms with Crippen LogP contribution in [0.2, 0.25) is 5.02 Å². The van der Waals surface area contributed by atoms with Gasteiger partial charge in [0.2, 0.25) is 10.0 Å². The van der Waals surface area contributed by atoms with E-state index in [0.29, 0.717) is 21.7 Å². The third-order valence-corrected chi connectivity index (χ3v) is 5.69. The minimum atomic E-state index is -3.53. The number of hydrogen-bond donors (Lipinski definition) is 0. The molecule has 3 rings (SSSR count). The zero-order valence-corrected chi connectivity index (χ0v) is 14.6. The van der Waals surface area contributed by atoms with Crippen molar-refractivity contribution in [1.29, 1.82) is 0 Å². The lowest BCUT2D eigenvalue weighted by atomic mass is 10.2. The molecule has 0 fully saturated rings. The lowest BCUT2D eigenvalue weighted by Gasteiger charge is -2.12. The molecular weight excluding hydrogens is 352 g/mol. The highest BCUT2D eigenvalue weighted by molar-refractivity contribution is 7.89. The van der Waals surface area contributed by atoms with Gasteiger partial charge in [0.25, 0.3) is 0 Å². The van der Waals surface area contributed by atoms with E-state index >= 15 is 0 Å². The summed E-state index contributed by atoms with van der Waals surface area (Å²) in [6.07, 6.45) is 0. The van der Waals surface area contributed by atoms with Gasteiger partial charge in [-0.1, -0.05) is 23.7 Å². The molecule has 0 saturated carbocycles. The van der Waals surface area contributed by atoms with Crippen LogP contribution in [-0.4, -0.2) is 31.4 Å². The molecule has 1 aromatic heterocycles. The molecule has 24 heavy (non-hydrogen) atoms. The average Bonchev–Trinajstić information content (AvgIpc) is 2.82. The van der Waals surface area contributed by atoms with Crippen LogP contribution in [0.25, 0.3) is 11.1 Å². The minimum absolute atomic E-state index is 0.175. The maximum Gasteiger partial charge on any atom is 0.420 e. The summed E-state index contributed by atoms with van der Waals surface area (Å²) in [6, 6.07) is 11.4. The molecule has 126 valence electrons. The van der Waals surface area contributed by atoms with E-state index < -0.39 is 15.8 Å². The molecule has 0 atom stereocenters. The van der Waals surface area contributed by atoms with E-state index in [2.05, 4.69) is 0 Å². The first-order valence-corrected chi connectivity index (χ1v) is 8.91. The molecule has 0 aliphatic heterocycles. The van der Waals surface area contributed by atoms with Crippen LogP contribution in [0.1, 0.15) is 5.56 Å². The predicted octanol–water partition coefficient (Wildman–Crippen LogP) is 2.55. The van der Waals surface area contributed by atoms with Gasteiger partial charge in [-0.15, -0.1) is 0 Å². The highest BCUT2D eigenvalue weighted by Crippen LogP contribution is 2.20. The van der Waals surface area contributed by atoms with Crippen LogP contribution in [0.4, 0.5) is 0 Å². The van der Waals surface area contributed by atoms with Crippen molar-refractivity contribution in [2.75, 3.05) is 14.1 Å². The third kappa shape index (κ3) is 2.98. The van der Waals surface area contributed by atoms with E-state index in [1.54, 1.807) is 36.4 Å². The highest BCUT2D eigenvalue weighted by atomic mass is 35.5. The Morgan fingerprint density at radius 2 is 1.92 bits per heavy atom. The lowest BCUT2D eigenvalue weighted by Crippen LogP contribution is -2.22. The predicted molar refractivity (Wildman–Crippen MR) is 91.9 cm³/mol. The van der Waals surface area contributed by atoms with Crippen LogP contribution in [0.3, 0.4) is 0 Å². The topological polar surface area (TPSA) is 72.5 Å². The second kappa shape index (κ2) is 6.08. The molecule has 6 nitrogen and oxygen atoms in total. The fourth-order valence-corrected chi connectivity index (χ4v) is 3.52. The fourth-order valence-electron chi connectivity index (χ4n) is 2.39. The second-order valence-corrected chi connectivity index (χ2v) is 8.09. The summed E-state index contributed by atoms with van der Waals surface area (Å²) in [5.74, 6) is -0.520. The van der Waals surface area contributed by atoms with E-state index in [-0.39, 0.29) is 11.4 Å². The Balaban J connectivity index is 2.04. The first-order valence-electron chi connectivity index (χ1n) is 7.09. The van der Waals surface area contributed by atoms with Crippen molar-refractivity contribution in [1.82, 2.24) is 8.87 Å². The summed E-state index contributed by atoms with van der Waals surface area (Å²) in [5.41, 5.74) is 1.67. The first kappa shape index (κ1) is 16.8. The molecule has 0 aliphatic rings. The quantitative estimate of drug-likeness (QED) is 0.711. The van der Waals surface area contributed by atoms with Crippen LogP contribution in [0.5, 0.6) is 0 Å². The summed E-state index contributed by atoms with van der Waals surface area (Å²) in [5, 5.41) is 0.475. The van der Waals surface area contributed by atoms with Gasteiger partial charge in [0.05, 0.1) is 17.0 Å². The number of aromatic nitrogens is 1. The highest BCUT2D eigenvalue weighted by Gasteiger charge is 2.18. The van der Waals surface area contributed by atoms with Gasteiger partial charge in [-0.05, 0) is 29.8 Å². The SMILES string of the molecule is CN(C)S(=O)(=O)c1cccc(Cn2c(=O)oc3cc(Cl)ccc32)c1. The Kier molecular flexibility index (Phi) is 4.25. The Hall–Kier alpha value is -2.09. The van der Waals surface area contributed by atoms with E-state index in [1.807, 2.05) is 0 Å². The number of rotatable bonds is 4. The summed E-state index contributed by atoms with van der Waals surface area (Å²) >= 11 is 5.90. The van der Waals surface area contributed by atoms with Crippen molar-refractivity contribution < 1.29 is 12.8 Å². The molecule has 0 saturated heterocycles. The normalized spacial score (nSPS) is 12.2. The molecule has 0 amide bonds. The van der Waals surface area contributed by atoms with Crippen LogP contribution in [0.15, 0.2) is 56.6 Å². The number of benzene rings is 2.